The Labute approximate surface area is 165 Å². The van der Waals surface area contributed by atoms with E-state index in [1.54, 1.807) is 18.9 Å². The van der Waals surface area contributed by atoms with Gasteiger partial charge in [0.25, 0.3) is 0 Å². The molecule has 2 aromatic rings. The third-order valence-corrected chi connectivity index (χ3v) is 5.17. The maximum absolute atomic E-state index is 12.9. The zero-order valence-corrected chi connectivity index (χ0v) is 16.3. The average Bonchev–Trinajstić information content (AvgIpc) is 3.14. The van der Waals surface area contributed by atoms with Gasteiger partial charge in [0.15, 0.2) is 0 Å². The molecule has 1 aliphatic rings. The van der Waals surface area contributed by atoms with Gasteiger partial charge < -0.3 is 14.8 Å². The molecule has 1 saturated heterocycles. The van der Waals surface area contributed by atoms with Crippen molar-refractivity contribution in [1.82, 2.24) is 10.2 Å². The van der Waals surface area contributed by atoms with E-state index in [-0.39, 0.29) is 12.5 Å². The van der Waals surface area contributed by atoms with E-state index in [1.807, 2.05) is 54.6 Å². The van der Waals surface area contributed by atoms with Gasteiger partial charge in [-0.3, -0.25) is 9.69 Å². The number of nitrogens with one attached hydrogen (secondary N) is 1. The second kappa shape index (κ2) is 8.78. The number of carbonyl (C=O) groups is 2. The molecule has 148 valence electrons. The van der Waals surface area contributed by atoms with Crippen molar-refractivity contribution in [2.24, 2.45) is 0 Å². The van der Waals surface area contributed by atoms with E-state index in [1.165, 1.54) is 0 Å². The van der Waals surface area contributed by atoms with Crippen LogP contribution in [0.5, 0.6) is 5.75 Å². The highest BCUT2D eigenvalue weighted by Crippen LogP contribution is 2.30. The van der Waals surface area contributed by atoms with Gasteiger partial charge in [-0.2, -0.15) is 0 Å². The van der Waals surface area contributed by atoms with Crippen LogP contribution in [0, 0.1) is 0 Å². The highest BCUT2D eigenvalue weighted by molar-refractivity contribution is 5.90. The maximum atomic E-state index is 12.9. The lowest BCUT2D eigenvalue weighted by Crippen LogP contribution is -2.55. The molecule has 2 amide bonds. The average molecular weight is 382 g/mol. The van der Waals surface area contributed by atoms with Crippen molar-refractivity contribution in [2.45, 2.75) is 38.5 Å². The number of nitrogens with zero attached hydrogens (tertiary/aromatic N) is 1. The molecule has 1 unspecified atom stereocenters. The van der Waals surface area contributed by atoms with Gasteiger partial charge in [-0.15, -0.1) is 0 Å². The molecule has 1 heterocycles. The minimum absolute atomic E-state index is 0.169. The number of likely N-dealkylation sites (tertiary alicyclic amines) is 1. The number of methoxy groups -OCH3 is 1. The fourth-order valence-corrected chi connectivity index (χ4v) is 3.41. The van der Waals surface area contributed by atoms with E-state index >= 15 is 0 Å². The third kappa shape index (κ3) is 4.44. The van der Waals surface area contributed by atoms with Crippen LogP contribution in [0.3, 0.4) is 0 Å². The van der Waals surface area contributed by atoms with Crippen molar-refractivity contribution in [1.29, 1.82) is 0 Å². The molecule has 0 saturated carbocycles. The van der Waals surface area contributed by atoms with Crippen molar-refractivity contribution in [3.63, 3.8) is 0 Å². The van der Waals surface area contributed by atoms with Crippen molar-refractivity contribution in [3.8, 4) is 5.75 Å². The minimum atomic E-state index is -0.903. The summed E-state index contributed by atoms with van der Waals surface area (Å²) in [5.41, 5.74) is 0.981. The van der Waals surface area contributed by atoms with Crippen LogP contribution < -0.4 is 10.1 Å². The van der Waals surface area contributed by atoms with E-state index in [2.05, 4.69) is 5.32 Å². The molecule has 0 radical (unpaired) electrons. The van der Waals surface area contributed by atoms with Crippen molar-refractivity contribution >= 4 is 12.0 Å². The Morgan fingerprint density at radius 2 is 1.79 bits per heavy atom. The smallest absolute Gasteiger partial charge is 0.410 e. The molecular formula is C22H26N2O4. The van der Waals surface area contributed by atoms with Gasteiger partial charge in [-0.05, 0) is 43.0 Å². The molecule has 0 spiro atoms. The van der Waals surface area contributed by atoms with Crippen LogP contribution in [0.15, 0.2) is 54.6 Å². The molecular weight excluding hydrogens is 356 g/mol. The predicted octanol–water partition coefficient (Wildman–Crippen LogP) is 3.50. The number of amides is 2. The number of benzene rings is 2. The molecule has 6 nitrogen and oxygen atoms in total. The van der Waals surface area contributed by atoms with Crippen LogP contribution in [0.1, 0.15) is 30.9 Å². The zero-order chi connectivity index (χ0) is 20.0. The standard InChI is InChI=1S/C22H26N2O4/c1-22(20(25)23-15-17-9-11-19(27-2)12-10-17)13-6-14-24(22)21(26)28-16-18-7-4-3-5-8-18/h3-5,7-12H,6,13-16H2,1-2H3,(H,23,25). The number of hydrogen-bond acceptors (Lipinski definition) is 4. The molecule has 1 aliphatic heterocycles. The van der Waals surface area contributed by atoms with Gasteiger partial charge in [0, 0.05) is 13.1 Å². The van der Waals surface area contributed by atoms with E-state index in [9.17, 15) is 9.59 Å². The van der Waals surface area contributed by atoms with Crippen LogP contribution in [0.2, 0.25) is 0 Å². The van der Waals surface area contributed by atoms with E-state index in [0.717, 1.165) is 23.3 Å². The maximum Gasteiger partial charge on any atom is 0.410 e. The monoisotopic (exact) mass is 382 g/mol. The summed E-state index contributed by atoms with van der Waals surface area (Å²) >= 11 is 0. The fourth-order valence-electron chi connectivity index (χ4n) is 3.41. The Morgan fingerprint density at radius 1 is 1.07 bits per heavy atom. The van der Waals surface area contributed by atoms with Gasteiger partial charge >= 0.3 is 6.09 Å². The summed E-state index contributed by atoms with van der Waals surface area (Å²) in [5.74, 6) is 0.600. The van der Waals surface area contributed by atoms with Crippen LogP contribution in [0.25, 0.3) is 0 Å². The quantitative estimate of drug-likeness (QED) is 0.830. The lowest BCUT2D eigenvalue weighted by atomic mass is 9.98. The Kier molecular flexibility index (Phi) is 6.19. The van der Waals surface area contributed by atoms with Crippen molar-refractivity contribution < 1.29 is 19.1 Å². The molecule has 0 aromatic heterocycles. The van der Waals surface area contributed by atoms with Gasteiger partial charge in [0.1, 0.15) is 17.9 Å². The Balaban J connectivity index is 1.58. The summed E-state index contributed by atoms with van der Waals surface area (Å²) in [4.78, 5) is 27.0. The highest BCUT2D eigenvalue weighted by Gasteiger charge is 2.46. The highest BCUT2D eigenvalue weighted by atomic mass is 16.6. The number of ether oxygens (including phenoxy) is 2. The van der Waals surface area contributed by atoms with E-state index < -0.39 is 11.6 Å². The molecule has 1 fully saturated rings. The minimum Gasteiger partial charge on any atom is -0.497 e. The van der Waals surface area contributed by atoms with Gasteiger partial charge in [0.2, 0.25) is 5.91 Å². The third-order valence-electron chi connectivity index (χ3n) is 5.17. The first-order valence-corrected chi connectivity index (χ1v) is 9.42. The first-order chi connectivity index (χ1) is 13.5. The second-order valence-corrected chi connectivity index (χ2v) is 7.10. The lowest BCUT2D eigenvalue weighted by molar-refractivity contribution is -0.130. The Bertz CT molecular complexity index is 807. The summed E-state index contributed by atoms with van der Waals surface area (Å²) in [6.45, 7) is 2.90. The lowest BCUT2D eigenvalue weighted by Gasteiger charge is -2.33. The molecule has 1 atom stereocenters. The van der Waals surface area contributed by atoms with Gasteiger partial charge in [-0.25, -0.2) is 4.79 Å². The summed E-state index contributed by atoms with van der Waals surface area (Å²) in [6, 6.07) is 17.0. The fraction of sp³-hybridized carbons (Fsp3) is 0.364. The molecule has 0 bridgehead atoms. The normalized spacial score (nSPS) is 18.6. The first kappa shape index (κ1) is 19.7. The van der Waals surface area contributed by atoms with E-state index in [0.29, 0.717) is 19.5 Å². The topological polar surface area (TPSA) is 67.9 Å². The zero-order valence-electron chi connectivity index (χ0n) is 16.3. The van der Waals surface area contributed by atoms with Crippen LogP contribution in [0.4, 0.5) is 4.79 Å². The van der Waals surface area contributed by atoms with Crippen molar-refractivity contribution in [3.05, 3.63) is 65.7 Å². The van der Waals surface area contributed by atoms with E-state index in [4.69, 9.17) is 9.47 Å². The van der Waals surface area contributed by atoms with Crippen LogP contribution in [-0.2, 0) is 22.7 Å². The molecule has 3 rings (SSSR count). The molecule has 28 heavy (non-hydrogen) atoms. The second-order valence-electron chi connectivity index (χ2n) is 7.10. The van der Waals surface area contributed by atoms with Gasteiger partial charge in [0.05, 0.1) is 7.11 Å². The Hall–Kier alpha value is -3.02. The number of rotatable bonds is 6. The predicted molar refractivity (Wildman–Crippen MR) is 106 cm³/mol. The SMILES string of the molecule is COc1ccc(CNC(=O)C2(C)CCCN2C(=O)OCc2ccccc2)cc1. The van der Waals surface area contributed by atoms with Crippen LogP contribution in [-0.4, -0.2) is 36.1 Å². The number of hydrogen-bond donors (Lipinski definition) is 1. The largest absolute Gasteiger partial charge is 0.497 e. The molecule has 1 N–H and O–H groups in total. The summed E-state index contributed by atoms with van der Waals surface area (Å²) < 4.78 is 10.6. The summed E-state index contributed by atoms with van der Waals surface area (Å²) in [7, 11) is 1.61. The molecule has 6 heteroatoms. The van der Waals surface area contributed by atoms with Crippen molar-refractivity contribution in [2.75, 3.05) is 13.7 Å². The summed E-state index contributed by atoms with van der Waals surface area (Å²) in [5, 5.41) is 2.95. The first-order valence-electron chi connectivity index (χ1n) is 9.42. The molecule has 2 aromatic carbocycles. The van der Waals surface area contributed by atoms with Gasteiger partial charge in [-0.1, -0.05) is 42.5 Å². The molecule has 0 aliphatic carbocycles. The Morgan fingerprint density at radius 3 is 2.46 bits per heavy atom. The summed E-state index contributed by atoms with van der Waals surface area (Å²) in [6.07, 6.45) is 0.929. The van der Waals surface area contributed by atoms with Crippen LogP contribution >= 0.6 is 0 Å². The number of carbonyl (C=O) groups excluding carboxylic acids is 2.